The molecule has 0 unspecified atom stereocenters. The van der Waals surface area contributed by atoms with E-state index >= 15 is 0 Å². The highest BCUT2D eigenvalue weighted by Crippen LogP contribution is 2.33. The predicted molar refractivity (Wildman–Crippen MR) is 127 cm³/mol. The number of hydrogen-bond donors (Lipinski definition) is 0. The van der Waals surface area contributed by atoms with Gasteiger partial charge < -0.3 is 9.80 Å². The number of benzene rings is 2. The van der Waals surface area contributed by atoms with Gasteiger partial charge in [0.05, 0.1) is 12.0 Å². The van der Waals surface area contributed by atoms with Crippen LogP contribution >= 0.6 is 0 Å². The van der Waals surface area contributed by atoms with Gasteiger partial charge in [0.15, 0.2) is 0 Å². The minimum absolute atomic E-state index is 0.0491. The van der Waals surface area contributed by atoms with Crippen LogP contribution in [0.4, 0.5) is 13.2 Å². The number of alkyl halides is 3. The second-order valence-corrected chi connectivity index (χ2v) is 9.93. The van der Waals surface area contributed by atoms with Crippen molar-refractivity contribution < 1.29 is 18.0 Å². The summed E-state index contributed by atoms with van der Waals surface area (Å²) in [5.41, 5.74) is 2.98. The zero-order chi connectivity index (χ0) is 24.3. The van der Waals surface area contributed by atoms with E-state index < -0.39 is 11.7 Å². The van der Waals surface area contributed by atoms with Crippen LogP contribution in [-0.4, -0.2) is 60.9 Å². The minimum Gasteiger partial charge on any atom is -0.337 e. The molecular formula is C27H34F3N3O. The first-order chi connectivity index (χ1) is 16.2. The van der Waals surface area contributed by atoms with Crippen molar-refractivity contribution in [2.75, 3.05) is 40.3 Å². The molecule has 7 heteroatoms. The van der Waals surface area contributed by atoms with Crippen molar-refractivity contribution >= 4 is 5.91 Å². The minimum atomic E-state index is -4.45. The van der Waals surface area contributed by atoms with Gasteiger partial charge in [0, 0.05) is 39.3 Å². The molecule has 1 amide bonds. The number of rotatable bonds is 9. The Morgan fingerprint density at radius 2 is 1.76 bits per heavy atom. The van der Waals surface area contributed by atoms with Crippen LogP contribution in [0, 0.1) is 5.92 Å². The van der Waals surface area contributed by atoms with E-state index in [9.17, 15) is 18.0 Å². The van der Waals surface area contributed by atoms with E-state index in [1.54, 1.807) is 11.0 Å². The van der Waals surface area contributed by atoms with E-state index in [2.05, 4.69) is 11.0 Å². The van der Waals surface area contributed by atoms with Gasteiger partial charge in [0.2, 0.25) is 5.91 Å². The van der Waals surface area contributed by atoms with Gasteiger partial charge in [-0.3, -0.25) is 9.69 Å². The molecule has 0 N–H and O–H groups in total. The molecule has 0 bridgehead atoms. The zero-order valence-electron chi connectivity index (χ0n) is 20.1. The fourth-order valence-corrected chi connectivity index (χ4v) is 4.76. The van der Waals surface area contributed by atoms with Crippen LogP contribution in [-0.2, 0) is 36.9 Å². The molecular weight excluding hydrogens is 439 g/mol. The summed E-state index contributed by atoms with van der Waals surface area (Å²) in [5.74, 6) is 0.712. The van der Waals surface area contributed by atoms with Crippen molar-refractivity contribution in [3.05, 3.63) is 70.3 Å². The lowest BCUT2D eigenvalue weighted by Gasteiger charge is -2.31. The van der Waals surface area contributed by atoms with Crippen molar-refractivity contribution in [2.45, 2.75) is 44.9 Å². The summed E-state index contributed by atoms with van der Waals surface area (Å²) in [6.45, 7) is 3.98. The summed E-state index contributed by atoms with van der Waals surface area (Å²) >= 11 is 0. The first-order valence-corrected chi connectivity index (χ1v) is 12.1. The zero-order valence-corrected chi connectivity index (χ0v) is 20.1. The Morgan fingerprint density at radius 1 is 1.03 bits per heavy atom. The topological polar surface area (TPSA) is 26.8 Å². The molecule has 1 saturated carbocycles. The first-order valence-electron chi connectivity index (χ1n) is 12.1. The summed E-state index contributed by atoms with van der Waals surface area (Å²) in [6, 6.07) is 11.7. The van der Waals surface area contributed by atoms with Crippen molar-refractivity contribution in [1.82, 2.24) is 14.7 Å². The highest BCUT2D eigenvalue weighted by molar-refractivity contribution is 5.79. The first kappa shape index (κ1) is 24.7. The number of halogens is 3. The molecule has 0 spiro atoms. The van der Waals surface area contributed by atoms with Gasteiger partial charge in [0.25, 0.3) is 0 Å². The fourth-order valence-electron chi connectivity index (χ4n) is 4.76. The van der Waals surface area contributed by atoms with Crippen molar-refractivity contribution in [3.8, 4) is 0 Å². The molecule has 1 heterocycles. The molecule has 4 nitrogen and oxygen atoms in total. The van der Waals surface area contributed by atoms with Crippen molar-refractivity contribution in [2.24, 2.45) is 5.92 Å². The predicted octanol–water partition coefficient (Wildman–Crippen LogP) is 4.61. The van der Waals surface area contributed by atoms with Crippen LogP contribution in [0.15, 0.2) is 42.5 Å². The Balaban J connectivity index is 1.51. The Kier molecular flexibility index (Phi) is 7.63. The van der Waals surface area contributed by atoms with Gasteiger partial charge in [0.1, 0.15) is 0 Å². The highest BCUT2D eigenvalue weighted by atomic mass is 19.4. The fraction of sp³-hybridized carbons (Fsp3) is 0.519. The van der Waals surface area contributed by atoms with Gasteiger partial charge in [-0.2, -0.15) is 13.2 Å². The van der Waals surface area contributed by atoms with Gasteiger partial charge in [-0.05, 0) is 67.6 Å². The van der Waals surface area contributed by atoms with E-state index in [4.69, 9.17) is 0 Å². The smallest absolute Gasteiger partial charge is 0.337 e. The van der Waals surface area contributed by atoms with E-state index in [0.717, 1.165) is 43.6 Å². The monoisotopic (exact) mass is 473 g/mol. The summed E-state index contributed by atoms with van der Waals surface area (Å²) in [4.78, 5) is 19.4. The van der Waals surface area contributed by atoms with Crippen LogP contribution in [0.5, 0.6) is 0 Å². The van der Waals surface area contributed by atoms with Crippen molar-refractivity contribution in [1.29, 1.82) is 0 Å². The molecule has 2 aliphatic rings. The normalized spacial score (nSPS) is 16.5. The summed E-state index contributed by atoms with van der Waals surface area (Å²) in [7, 11) is 3.79. The third kappa shape index (κ3) is 6.39. The van der Waals surface area contributed by atoms with E-state index in [0.29, 0.717) is 13.1 Å². The van der Waals surface area contributed by atoms with E-state index in [1.807, 2.05) is 31.1 Å². The second kappa shape index (κ2) is 10.5. The molecule has 0 atom stereocenters. The van der Waals surface area contributed by atoms with Crippen molar-refractivity contribution in [3.63, 3.8) is 0 Å². The molecule has 1 aliphatic carbocycles. The molecule has 4 rings (SSSR count). The van der Waals surface area contributed by atoms with Gasteiger partial charge in [-0.15, -0.1) is 0 Å². The maximum absolute atomic E-state index is 13.5. The maximum Gasteiger partial charge on any atom is 0.416 e. The molecule has 1 aliphatic heterocycles. The average molecular weight is 474 g/mol. The molecule has 0 aromatic heterocycles. The number of carbonyl (C=O) groups is 1. The van der Waals surface area contributed by atoms with Crippen LogP contribution < -0.4 is 0 Å². The van der Waals surface area contributed by atoms with Crippen LogP contribution in [0.2, 0.25) is 0 Å². The molecule has 1 fully saturated rings. The molecule has 2 aromatic carbocycles. The molecule has 34 heavy (non-hydrogen) atoms. The van der Waals surface area contributed by atoms with Gasteiger partial charge in [-0.1, -0.05) is 36.4 Å². The largest absolute Gasteiger partial charge is 0.416 e. The Bertz CT molecular complexity index is 1000. The standard InChI is InChI=1S/C27H34F3N3O/c1-31(2)14-15-33(19-23-6-3-4-9-25(23)27(28,29)30)26(34)16-21-7-5-8-22-18-32(13-12-24(21)22)17-20-10-11-20/h3-9,20H,10-19H2,1-2H3. The number of hydrogen-bond acceptors (Lipinski definition) is 3. The maximum atomic E-state index is 13.5. The molecule has 0 saturated heterocycles. The third-order valence-corrected chi connectivity index (χ3v) is 6.85. The Morgan fingerprint density at radius 3 is 2.47 bits per heavy atom. The summed E-state index contributed by atoms with van der Waals surface area (Å²) < 4.78 is 40.6. The number of amides is 1. The molecule has 0 radical (unpaired) electrons. The number of nitrogens with zero attached hydrogens (tertiary/aromatic N) is 3. The number of likely N-dealkylation sites (N-methyl/N-ethyl adjacent to an activating group) is 1. The summed E-state index contributed by atoms with van der Waals surface area (Å²) in [6.07, 6.45) is -0.651. The van der Waals surface area contributed by atoms with Crippen LogP contribution in [0.1, 0.15) is 40.7 Å². The van der Waals surface area contributed by atoms with Gasteiger partial charge in [-0.25, -0.2) is 0 Å². The lowest BCUT2D eigenvalue weighted by molar-refractivity contribution is -0.139. The number of fused-ring (bicyclic) bond motifs is 1. The highest BCUT2D eigenvalue weighted by Gasteiger charge is 2.34. The Labute approximate surface area is 200 Å². The lowest BCUT2D eigenvalue weighted by Crippen LogP contribution is -2.38. The SMILES string of the molecule is CN(C)CCN(Cc1ccccc1C(F)(F)F)C(=O)Cc1cccc2c1CCN(CC1CC1)C2. The van der Waals surface area contributed by atoms with Crippen LogP contribution in [0.3, 0.4) is 0 Å². The third-order valence-electron chi connectivity index (χ3n) is 6.85. The van der Waals surface area contributed by atoms with Crippen LogP contribution in [0.25, 0.3) is 0 Å². The van der Waals surface area contributed by atoms with E-state index in [1.165, 1.54) is 36.1 Å². The lowest BCUT2D eigenvalue weighted by atomic mass is 9.92. The van der Waals surface area contributed by atoms with Gasteiger partial charge >= 0.3 is 6.18 Å². The second-order valence-electron chi connectivity index (χ2n) is 9.93. The number of carbonyl (C=O) groups excluding carboxylic acids is 1. The average Bonchev–Trinajstić information content (AvgIpc) is 3.60. The molecule has 184 valence electrons. The van der Waals surface area contributed by atoms with E-state index in [-0.39, 0.29) is 24.4 Å². The molecule has 2 aromatic rings. The Hall–Kier alpha value is -2.38. The quantitative estimate of drug-likeness (QED) is 0.532. The summed E-state index contributed by atoms with van der Waals surface area (Å²) in [5, 5.41) is 0.